The van der Waals surface area contributed by atoms with E-state index in [1.165, 1.54) is 27.6 Å². The van der Waals surface area contributed by atoms with Gasteiger partial charge in [-0.2, -0.15) is 9.40 Å². The largest absolute Gasteiger partial charge is 0.329 e. The summed E-state index contributed by atoms with van der Waals surface area (Å²) >= 11 is 0. The van der Waals surface area contributed by atoms with Gasteiger partial charge in [0.25, 0.3) is 0 Å². The summed E-state index contributed by atoms with van der Waals surface area (Å²) < 4.78 is 42.9. The van der Waals surface area contributed by atoms with Gasteiger partial charge in [-0.05, 0) is 37.1 Å². The van der Waals surface area contributed by atoms with E-state index >= 15 is 0 Å². The smallest absolute Gasteiger partial charge is 0.211 e. The topological polar surface area (TPSA) is 131 Å². The molecule has 0 amide bonds. The van der Waals surface area contributed by atoms with E-state index in [1.807, 2.05) is 37.3 Å². The summed E-state index contributed by atoms with van der Waals surface area (Å²) in [6, 6.07) is 14.4. The third-order valence-corrected chi connectivity index (χ3v) is 7.97. The molecule has 37 heavy (non-hydrogen) atoms. The monoisotopic (exact) mass is 524 g/mol. The number of nitrogens with zero attached hydrogens (tertiary/aromatic N) is 5. The normalized spacial score (nSPS) is 22.3. The molecule has 0 fully saturated rings. The highest BCUT2D eigenvalue weighted by molar-refractivity contribution is 7.88. The second kappa shape index (κ2) is 9.36. The van der Waals surface area contributed by atoms with E-state index < -0.39 is 21.5 Å². The average molecular weight is 525 g/mol. The molecule has 12 heteroatoms. The molecule has 1 aromatic heterocycles. The standard InChI is InChI=1S/C25H29FN8O2S/c1-4-25(27)20-14-33(37(3,35)36)13-19(17-8-6-5-7-9-17)23(20)30-24(31-25)29-18-10-11-22(21(26)12-18)34-15-28-16(2)32-34/h5-12,15,19H,4,13-14,27H2,1-3H3,(H2,29,30,31). The minimum atomic E-state index is -3.47. The number of aromatic nitrogens is 3. The van der Waals surface area contributed by atoms with Crippen molar-refractivity contribution < 1.29 is 12.8 Å². The van der Waals surface area contributed by atoms with Crippen molar-refractivity contribution in [1.29, 1.82) is 0 Å². The molecule has 2 aromatic carbocycles. The van der Waals surface area contributed by atoms with Crippen LogP contribution in [-0.4, -0.2) is 58.5 Å². The van der Waals surface area contributed by atoms with E-state index in [2.05, 4.69) is 20.7 Å². The van der Waals surface area contributed by atoms with Crippen LogP contribution < -0.4 is 16.4 Å². The number of benzene rings is 2. The van der Waals surface area contributed by atoms with Crippen molar-refractivity contribution in [2.45, 2.75) is 31.8 Å². The number of halogens is 1. The van der Waals surface area contributed by atoms with Gasteiger partial charge in [0.05, 0.1) is 6.26 Å². The fraction of sp³-hybridized carbons (Fsp3) is 0.320. The minimum absolute atomic E-state index is 0.145. The van der Waals surface area contributed by atoms with Gasteiger partial charge in [0, 0.05) is 36.0 Å². The molecule has 0 spiro atoms. The summed E-state index contributed by atoms with van der Waals surface area (Å²) in [6.07, 6.45) is 3.10. The maximum absolute atomic E-state index is 14.9. The van der Waals surface area contributed by atoms with Crippen LogP contribution in [-0.2, 0) is 10.0 Å². The number of sulfonamides is 1. The van der Waals surface area contributed by atoms with Crippen molar-refractivity contribution >= 4 is 21.7 Å². The first-order valence-corrected chi connectivity index (χ1v) is 13.8. The number of hydrogen-bond acceptors (Lipinski definition) is 8. The van der Waals surface area contributed by atoms with Crippen molar-refractivity contribution in [2.24, 2.45) is 10.7 Å². The first-order valence-electron chi connectivity index (χ1n) is 11.9. The highest BCUT2D eigenvalue weighted by Crippen LogP contribution is 2.39. The number of hydrogen-bond donors (Lipinski definition) is 3. The molecule has 0 bridgehead atoms. The Bertz CT molecular complexity index is 1500. The van der Waals surface area contributed by atoms with Crippen molar-refractivity contribution in [3.8, 4) is 5.69 Å². The average Bonchev–Trinajstić information content (AvgIpc) is 3.29. The molecule has 0 radical (unpaired) electrons. The van der Waals surface area contributed by atoms with Crippen LogP contribution in [0.1, 0.15) is 30.7 Å². The van der Waals surface area contributed by atoms with Crippen molar-refractivity contribution in [3.05, 3.63) is 83.3 Å². The Labute approximate surface area is 215 Å². The van der Waals surface area contributed by atoms with E-state index in [-0.39, 0.29) is 24.7 Å². The van der Waals surface area contributed by atoms with Gasteiger partial charge in [0.15, 0.2) is 5.82 Å². The van der Waals surface area contributed by atoms with Gasteiger partial charge in [-0.1, -0.05) is 37.3 Å². The number of nitrogens with one attached hydrogen (secondary N) is 2. The van der Waals surface area contributed by atoms with Gasteiger partial charge < -0.3 is 16.4 Å². The zero-order valence-electron chi connectivity index (χ0n) is 20.8. The van der Waals surface area contributed by atoms with E-state index in [0.717, 1.165) is 11.3 Å². The second-order valence-corrected chi connectivity index (χ2v) is 11.3. The first-order chi connectivity index (χ1) is 17.6. The zero-order chi connectivity index (χ0) is 26.4. The van der Waals surface area contributed by atoms with Crippen molar-refractivity contribution in [3.63, 3.8) is 0 Å². The van der Waals surface area contributed by atoms with Crippen LogP contribution in [0.25, 0.3) is 5.69 Å². The summed E-state index contributed by atoms with van der Waals surface area (Å²) in [5.74, 6) is 0.140. The lowest BCUT2D eigenvalue weighted by Gasteiger charge is -2.43. The zero-order valence-corrected chi connectivity index (χ0v) is 21.6. The number of guanidine groups is 1. The van der Waals surface area contributed by atoms with E-state index in [9.17, 15) is 12.8 Å². The van der Waals surface area contributed by atoms with Crippen molar-refractivity contribution in [2.75, 3.05) is 24.7 Å². The molecule has 2 unspecified atom stereocenters. The molecule has 5 rings (SSSR count). The lowest BCUT2D eigenvalue weighted by Crippen LogP contribution is -2.56. The second-order valence-electron chi connectivity index (χ2n) is 9.30. The van der Waals surface area contributed by atoms with Crippen LogP contribution in [0.3, 0.4) is 0 Å². The molecule has 194 valence electrons. The number of nitrogens with two attached hydrogens (primary N) is 1. The molecule has 2 atom stereocenters. The SMILES string of the molecule is CCC1(N)N=C(Nc2ccc(-n3cnc(C)n3)c(F)c2)NC2=C1CN(S(C)(=O)=O)CC2c1ccccc1. The molecule has 4 N–H and O–H groups in total. The van der Waals surface area contributed by atoms with Crippen molar-refractivity contribution in [1.82, 2.24) is 24.4 Å². The third kappa shape index (κ3) is 4.87. The minimum Gasteiger partial charge on any atom is -0.329 e. The molecular formula is C25H29FN8O2S. The predicted octanol–water partition coefficient (Wildman–Crippen LogP) is 2.46. The molecule has 0 aliphatic carbocycles. The Hall–Kier alpha value is -3.61. The van der Waals surface area contributed by atoms with Crippen LogP contribution in [0.15, 0.2) is 71.1 Å². The van der Waals surface area contributed by atoms with Gasteiger partial charge in [0.2, 0.25) is 16.0 Å². The molecule has 0 saturated carbocycles. The van der Waals surface area contributed by atoms with E-state index in [0.29, 0.717) is 29.5 Å². The highest BCUT2D eigenvalue weighted by Gasteiger charge is 2.43. The molecule has 3 heterocycles. The maximum Gasteiger partial charge on any atom is 0.211 e. The Morgan fingerprint density at radius 1 is 1.24 bits per heavy atom. The van der Waals surface area contributed by atoms with Gasteiger partial charge in [-0.15, -0.1) is 0 Å². The van der Waals surface area contributed by atoms with Crippen LogP contribution in [0.4, 0.5) is 10.1 Å². The Balaban J connectivity index is 1.49. The summed E-state index contributed by atoms with van der Waals surface area (Å²) in [5, 5.41) is 10.7. The molecule has 10 nitrogen and oxygen atoms in total. The van der Waals surface area contributed by atoms with Gasteiger partial charge in [0.1, 0.15) is 23.5 Å². The number of aliphatic imine (C=N–C) groups is 1. The number of anilines is 1. The molecule has 3 aromatic rings. The van der Waals surface area contributed by atoms with Crippen LogP contribution in [0.2, 0.25) is 0 Å². The van der Waals surface area contributed by atoms with Gasteiger partial charge >= 0.3 is 0 Å². The Morgan fingerprint density at radius 3 is 2.62 bits per heavy atom. The fourth-order valence-corrected chi connectivity index (χ4v) is 5.50. The molecule has 0 saturated heterocycles. The fourth-order valence-electron chi connectivity index (χ4n) is 4.72. The van der Waals surface area contributed by atoms with Gasteiger partial charge in [-0.25, -0.2) is 27.5 Å². The van der Waals surface area contributed by atoms with E-state index in [4.69, 9.17) is 10.7 Å². The lowest BCUT2D eigenvalue weighted by molar-refractivity contribution is 0.349. The lowest BCUT2D eigenvalue weighted by atomic mass is 9.83. The molecule has 2 aliphatic heterocycles. The Kier molecular flexibility index (Phi) is 6.34. The summed E-state index contributed by atoms with van der Waals surface area (Å²) in [7, 11) is -3.47. The Morgan fingerprint density at radius 2 is 2.00 bits per heavy atom. The number of rotatable bonds is 5. The molecule has 2 aliphatic rings. The highest BCUT2D eigenvalue weighted by atomic mass is 32.2. The van der Waals surface area contributed by atoms with Crippen LogP contribution in [0, 0.1) is 12.7 Å². The summed E-state index contributed by atoms with van der Waals surface area (Å²) in [5.41, 5.74) is 8.87. The van der Waals surface area contributed by atoms with Crippen LogP contribution >= 0.6 is 0 Å². The first kappa shape index (κ1) is 25.1. The summed E-state index contributed by atoms with van der Waals surface area (Å²) in [6.45, 7) is 4.05. The maximum atomic E-state index is 14.9. The predicted molar refractivity (Wildman–Crippen MR) is 140 cm³/mol. The number of aryl methyl sites for hydroxylation is 1. The van der Waals surface area contributed by atoms with E-state index in [1.54, 1.807) is 19.1 Å². The quantitative estimate of drug-likeness (QED) is 0.467. The van der Waals surface area contributed by atoms with Crippen LogP contribution in [0.5, 0.6) is 0 Å². The molecular weight excluding hydrogens is 495 g/mol. The van der Waals surface area contributed by atoms with Gasteiger partial charge in [-0.3, -0.25) is 0 Å². The summed E-state index contributed by atoms with van der Waals surface area (Å²) in [4.78, 5) is 8.76. The third-order valence-electron chi connectivity index (χ3n) is 6.75.